The van der Waals surface area contributed by atoms with Gasteiger partial charge in [0.05, 0.1) is 12.1 Å². The third-order valence-corrected chi connectivity index (χ3v) is 11.2. The van der Waals surface area contributed by atoms with Gasteiger partial charge in [0.1, 0.15) is 5.60 Å². The lowest BCUT2D eigenvalue weighted by Gasteiger charge is -2.58. The summed E-state index contributed by atoms with van der Waals surface area (Å²) in [6.45, 7) is 11.8. The fourth-order valence-electron chi connectivity index (χ4n) is 8.49. The van der Waals surface area contributed by atoms with E-state index in [9.17, 15) is 9.59 Å². The van der Waals surface area contributed by atoms with Crippen molar-refractivity contribution >= 4 is 50.3 Å². The van der Waals surface area contributed by atoms with Crippen LogP contribution in [-0.4, -0.2) is 82.2 Å². The van der Waals surface area contributed by atoms with E-state index < -0.39 is 10.4 Å². The first-order valence-electron chi connectivity index (χ1n) is 17.6. The fourth-order valence-corrected chi connectivity index (χ4v) is 8.66. The second kappa shape index (κ2) is 17.1. The number of likely N-dealkylation sites (N-methyl/N-ethyl adjacent to an activating group) is 1. The normalized spacial score (nSPS) is 27.7. The van der Waals surface area contributed by atoms with Crippen LogP contribution in [0.25, 0.3) is 10.9 Å². The summed E-state index contributed by atoms with van der Waals surface area (Å²) >= 11 is 6.03. The molecule has 0 radical (unpaired) electrons. The molecule has 13 heteroatoms. The monoisotopic (exact) mass is 733 g/mol. The molecule has 1 saturated heterocycles. The molecule has 276 valence electrons. The molecule has 3 aliphatic carbocycles. The summed E-state index contributed by atoms with van der Waals surface area (Å²) in [7, 11) is -4.67. The highest BCUT2D eigenvalue weighted by molar-refractivity contribution is 7.79. The molecule has 0 spiro atoms. The van der Waals surface area contributed by atoms with Crippen LogP contribution in [0.1, 0.15) is 79.1 Å². The number of halogens is 1. The second-order valence-electron chi connectivity index (χ2n) is 14.3. The van der Waals surface area contributed by atoms with Crippen LogP contribution in [0.2, 0.25) is 5.02 Å². The van der Waals surface area contributed by atoms with E-state index in [2.05, 4.69) is 49.0 Å². The van der Waals surface area contributed by atoms with Gasteiger partial charge in [0.25, 0.3) is 0 Å². The summed E-state index contributed by atoms with van der Waals surface area (Å²) in [5, 5.41) is 14.4. The summed E-state index contributed by atoms with van der Waals surface area (Å²) in [4.78, 5) is 30.1. The Bertz CT molecular complexity index is 1680. The summed E-state index contributed by atoms with van der Waals surface area (Å²) in [5.74, 6) is 1.77. The molecule has 2 heterocycles. The number of nitrogens with zero attached hydrogens (tertiary/aromatic N) is 2. The topological polar surface area (TPSA) is 166 Å². The van der Waals surface area contributed by atoms with Crippen LogP contribution in [0.5, 0.6) is 0 Å². The Hall–Kier alpha value is -2.87. The lowest BCUT2D eigenvalue weighted by Crippen LogP contribution is -2.56. The van der Waals surface area contributed by atoms with Gasteiger partial charge in [-0.2, -0.15) is 8.42 Å². The van der Waals surface area contributed by atoms with E-state index in [0.717, 1.165) is 81.2 Å². The molecule has 1 aliphatic heterocycles. The Labute approximate surface area is 301 Å². The van der Waals surface area contributed by atoms with Gasteiger partial charge in [0.15, 0.2) is 5.78 Å². The van der Waals surface area contributed by atoms with Crippen molar-refractivity contribution in [3.05, 3.63) is 59.3 Å². The molecule has 6 atom stereocenters. The number of rotatable bonds is 9. The third kappa shape index (κ3) is 10.4. The van der Waals surface area contributed by atoms with Gasteiger partial charge in [0, 0.05) is 52.6 Å². The summed E-state index contributed by atoms with van der Waals surface area (Å²) in [6, 6.07) is 8.19. The van der Waals surface area contributed by atoms with E-state index in [1.54, 1.807) is 6.08 Å². The molecule has 4 aliphatic rings. The summed E-state index contributed by atoms with van der Waals surface area (Å²) < 4.78 is 37.4. The van der Waals surface area contributed by atoms with Crippen molar-refractivity contribution in [2.24, 2.45) is 23.2 Å². The minimum atomic E-state index is -4.67. The third-order valence-electron chi connectivity index (χ3n) is 11.0. The first-order chi connectivity index (χ1) is 23.6. The molecule has 1 aromatic carbocycles. The van der Waals surface area contributed by atoms with Crippen LogP contribution in [0, 0.1) is 23.2 Å². The number of carbonyl (C=O) groups is 2. The Morgan fingerprint density at radius 2 is 1.84 bits per heavy atom. The number of ketones is 1. The number of ether oxygens (including phenoxy) is 1. The van der Waals surface area contributed by atoms with Crippen molar-refractivity contribution in [3.63, 3.8) is 0 Å². The largest absolute Gasteiger partial charge is 0.459 e. The van der Waals surface area contributed by atoms with Gasteiger partial charge in [-0.1, -0.05) is 37.1 Å². The Morgan fingerprint density at radius 1 is 1.10 bits per heavy atom. The Morgan fingerprint density at radius 3 is 2.54 bits per heavy atom. The predicted molar refractivity (Wildman–Crippen MR) is 195 cm³/mol. The SMILES string of the molecule is CCN(CCO)CCCC(C)Nc1ccnc2cc(Cl)ccc12.C[C@]12C=CC(=O)C=C1CC[C@@H]1[C@@H]2CC[C@]2(C)OC(=O)CC[C@@H]12.O=S(=O)(O)O. The number of aromatic nitrogens is 1. The molecule has 11 nitrogen and oxygen atoms in total. The molecule has 2 aromatic rings. The highest BCUT2D eigenvalue weighted by atomic mass is 35.5. The molecule has 0 amide bonds. The minimum Gasteiger partial charge on any atom is -0.459 e. The second-order valence-corrected chi connectivity index (χ2v) is 15.6. The molecular formula is C37H52ClN3O8S. The maximum absolute atomic E-state index is 11.7. The van der Waals surface area contributed by atoms with Gasteiger partial charge in [-0.15, -0.1) is 0 Å². The number of allylic oxidation sites excluding steroid dienone is 4. The number of nitrogens with one attached hydrogen (secondary N) is 1. The average molecular weight is 734 g/mol. The number of hydrogen-bond donors (Lipinski definition) is 4. The van der Waals surface area contributed by atoms with Crippen molar-refractivity contribution in [2.45, 2.75) is 90.7 Å². The molecule has 4 N–H and O–H groups in total. The predicted octanol–water partition coefficient (Wildman–Crippen LogP) is 6.72. The van der Waals surface area contributed by atoms with Crippen molar-refractivity contribution in [1.82, 2.24) is 9.88 Å². The smallest absolute Gasteiger partial charge is 0.394 e. The van der Waals surface area contributed by atoms with Crippen LogP contribution >= 0.6 is 11.6 Å². The van der Waals surface area contributed by atoms with Gasteiger partial charge in [-0.05, 0) is 120 Å². The van der Waals surface area contributed by atoms with Crippen molar-refractivity contribution < 1.29 is 37.0 Å². The van der Waals surface area contributed by atoms with E-state index in [-0.39, 0.29) is 29.4 Å². The zero-order valence-electron chi connectivity index (χ0n) is 29.5. The number of benzene rings is 1. The summed E-state index contributed by atoms with van der Waals surface area (Å²) in [5.41, 5.74) is 3.09. The maximum Gasteiger partial charge on any atom is 0.394 e. The van der Waals surface area contributed by atoms with Crippen molar-refractivity contribution in [1.29, 1.82) is 0 Å². The number of aliphatic hydroxyl groups excluding tert-OH is 1. The first-order valence-corrected chi connectivity index (χ1v) is 19.3. The number of esters is 1. The van der Waals surface area contributed by atoms with E-state index >= 15 is 0 Å². The van der Waals surface area contributed by atoms with Crippen LogP contribution in [0.3, 0.4) is 0 Å². The van der Waals surface area contributed by atoms with E-state index in [4.69, 9.17) is 39.0 Å². The number of aliphatic hydroxyl groups is 1. The number of pyridine rings is 1. The average Bonchev–Trinajstić information content (AvgIpc) is 3.03. The van der Waals surface area contributed by atoms with Crippen LogP contribution in [0.15, 0.2) is 54.3 Å². The molecule has 50 heavy (non-hydrogen) atoms. The highest BCUT2D eigenvalue weighted by Crippen LogP contribution is 2.60. The number of fused-ring (bicyclic) bond motifs is 6. The molecule has 2 saturated carbocycles. The van der Waals surface area contributed by atoms with Gasteiger partial charge in [-0.25, -0.2) is 0 Å². The van der Waals surface area contributed by atoms with Crippen molar-refractivity contribution in [3.8, 4) is 0 Å². The Kier molecular flexibility index (Phi) is 13.6. The van der Waals surface area contributed by atoms with E-state index in [1.165, 1.54) is 5.57 Å². The van der Waals surface area contributed by atoms with Crippen LogP contribution in [-0.2, 0) is 24.7 Å². The lowest BCUT2D eigenvalue weighted by atomic mass is 9.49. The number of carbonyl (C=O) groups excluding carboxylic acids is 2. The molecule has 3 fully saturated rings. The number of hydrogen-bond acceptors (Lipinski definition) is 9. The lowest BCUT2D eigenvalue weighted by molar-refractivity contribution is -0.192. The maximum atomic E-state index is 11.7. The molecular weight excluding hydrogens is 682 g/mol. The first kappa shape index (κ1) is 39.9. The standard InChI is InChI=1S/C19H24O3.C18H26ClN3O.H2O4S/c1-18-9-7-13(20)11-12(18)3-4-14-15(18)8-10-19(2)16(14)5-6-17(21)22-19;1-3-22(11-12-23)10-4-5-14(2)21-17-8-9-20-18-13-15(19)6-7-16(17)18;1-5(2,3)4/h7,9,11,14-16H,3-6,8,10H2,1-2H3;6-9,13-14,23H,3-5,10-12H2,1-2H3,(H,20,21);(H2,1,2,3,4)/t14-,15+,16+,18+,19+;;/m1../s1. The van der Waals surface area contributed by atoms with E-state index in [0.29, 0.717) is 35.2 Å². The quantitative estimate of drug-likeness (QED) is 0.160. The van der Waals surface area contributed by atoms with Crippen LogP contribution in [0.4, 0.5) is 5.69 Å². The Balaban J connectivity index is 0.000000198. The molecule has 1 unspecified atom stereocenters. The minimum absolute atomic E-state index is 0.0250. The molecule has 1 aromatic heterocycles. The van der Waals surface area contributed by atoms with Crippen molar-refractivity contribution in [2.75, 3.05) is 31.6 Å². The highest BCUT2D eigenvalue weighted by Gasteiger charge is 2.56. The van der Waals surface area contributed by atoms with E-state index in [1.807, 2.05) is 36.5 Å². The zero-order valence-corrected chi connectivity index (χ0v) is 31.0. The molecule has 6 rings (SSSR count). The van der Waals surface area contributed by atoms with Crippen LogP contribution < -0.4 is 5.32 Å². The van der Waals surface area contributed by atoms with Gasteiger partial charge >= 0.3 is 16.4 Å². The van der Waals surface area contributed by atoms with Gasteiger partial charge in [-0.3, -0.25) is 23.7 Å². The van der Waals surface area contributed by atoms with Gasteiger partial charge < -0.3 is 20.1 Å². The molecule has 0 bridgehead atoms. The summed E-state index contributed by atoms with van der Waals surface area (Å²) in [6.07, 6.45) is 15.5. The van der Waals surface area contributed by atoms with Gasteiger partial charge in [0.2, 0.25) is 0 Å². The number of anilines is 1. The zero-order chi connectivity index (χ0) is 36.7. The fraction of sp³-hybridized carbons (Fsp3) is 0.595.